The van der Waals surface area contributed by atoms with Gasteiger partial charge in [0.1, 0.15) is 0 Å². The van der Waals surface area contributed by atoms with E-state index in [0.717, 1.165) is 0 Å². The van der Waals surface area contributed by atoms with Gasteiger partial charge in [-0.2, -0.15) is 0 Å². The molecule has 98 valence electrons. The fraction of sp³-hybridized carbons (Fsp3) is 0.818. The van der Waals surface area contributed by atoms with Crippen molar-refractivity contribution in [2.45, 2.75) is 32.4 Å². The molecule has 0 radical (unpaired) electrons. The Kier molecular flexibility index (Phi) is 4.89. The first-order chi connectivity index (χ1) is 7.91. The van der Waals surface area contributed by atoms with Crippen molar-refractivity contribution in [1.29, 1.82) is 0 Å². The van der Waals surface area contributed by atoms with Gasteiger partial charge in [-0.05, 0) is 12.3 Å². The molecule has 0 saturated carbocycles. The lowest BCUT2D eigenvalue weighted by Gasteiger charge is -2.18. The minimum absolute atomic E-state index is 0.0405. The van der Waals surface area contributed by atoms with Crippen LogP contribution in [-0.4, -0.2) is 53.6 Å². The topological polar surface area (TPSA) is 95.7 Å². The van der Waals surface area contributed by atoms with E-state index in [9.17, 15) is 14.7 Å². The molecule has 0 unspecified atom stereocenters. The lowest BCUT2D eigenvalue weighted by molar-refractivity contribution is -0.132. The van der Waals surface area contributed by atoms with Crippen LogP contribution in [0.15, 0.2) is 0 Å². The first kappa shape index (κ1) is 13.9. The third-order valence-corrected chi connectivity index (χ3v) is 2.95. The zero-order valence-corrected chi connectivity index (χ0v) is 10.3. The van der Waals surface area contributed by atoms with E-state index >= 15 is 0 Å². The molecular weight excluding hydrogens is 222 g/mol. The van der Waals surface area contributed by atoms with E-state index in [0.29, 0.717) is 19.5 Å². The van der Waals surface area contributed by atoms with Crippen LogP contribution in [0, 0.1) is 5.92 Å². The number of β-amino-alcohol motifs (C(OH)–C–C–N with tert-alkyl or cyclic N) is 1. The number of hydrogen-bond acceptors (Lipinski definition) is 4. The Balaban J connectivity index is 2.31. The third kappa shape index (κ3) is 3.98. The molecule has 0 bridgehead atoms. The van der Waals surface area contributed by atoms with Gasteiger partial charge in [-0.15, -0.1) is 0 Å². The van der Waals surface area contributed by atoms with Crippen LogP contribution in [0.4, 0.5) is 0 Å². The maximum absolute atomic E-state index is 11.6. The van der Waals surface area contributed by atoms with Crippen LogP contribution < -0.4 is 11.1 Å². The van der Waals surface area contributed by atoms with Crippen LogP contribution in [0.2, 0.25) is 0 Å². The van der Waals surface area contributed by atoms with Gasteiger partial charge in [0, 0.05) is 13.1 Å². The quantitative estimate of drug-likeness (QED) is 0.570. The molecule has 17 heavy (non-hydrogen) atoms. The van der Waals surface area contributed by atoms with Crippen LogP contribution in [0.1, 0.15) is 20.3 Å². The molecule has 1 fully saturated rings. The van der Waals surface area contributed by atoms with Crippen molar-refractivity contribution < 1.29 is 14.7 Å². The largest absolute Gasteiger partial charge is 0.391 e. The standard InChI is InChI=1S/C11H21N3O3/c1-7(2)10(12)11(17)13-5-9(16)14-4-3-8(15)6-14/h7-8,10,15H,3-6,12H2,1-2H3,(H,13,17)/t8-,10+/m1/s1. The monoisotopic (exact) mass is 243 g/mol. The fourth-order valence-electron chi connectivity index (χ4n) is 1.66. The smallest absolute Gasteiger partial charge is 0.242 e. The average Bonchev–Trinajstić information content (AvgIpc) is 2.71. The number of aliphatic hydroxyl groups excluding tert-OH is 1. The van der Waals surface area contributed by atoms with E-state index in [2.05, 4.69) is 5.32 Å². The molecule has 6 nitrogen and oxygen atoms in total. The summed E-state index contributed by atoms with van der Waals surface area (Å²) < 4.78 is 0. The molecule has 0 aliphatic carbocycles. The number of hydrogen-bond donors (Lipinski definition) is 3. The number of nitrogens with one attached hydrogen (secondary N) is 1. The minimum atomic E-state index is -0.591. The average molecular weight is 243 g/mol. The van der Waals surface area contributed by atoms with Gasteiger partial charge in [-0.25, -0.2) is 0 Å². The summed E-state index contributed by atoms with van der Waals surface area (Å²) >= 11 is 0. The van der Waals surface area contributed by atoms with Crippen molar-refractivity contribution in [1.82, 2.24) is 10.2 Å². The van der Waals surface area contributed by atoms with Gasteiger partial charge in [0.05, 0.1) is 18.7 Å². The minimum Gasteiger partial charge on any atom is -0.391 e. The van der Waals surface area contributed by atoms with Crippen molar-refractivity contribution >= 4 is 11.8 Å². The highest BCUT2D eigenvalue weighted by Gasteiger charge is 2.25. The van der Waals surface area contributed by atoms with E-state index in [-0.39, 0.29) is 24.3 Å². The molecule has 1 heterocycles. The van der Waals surface area contributed by atoms with Crippen LogP contribution in [0.25, 0.3) is 0 Å². The summed E-state index contributed by atoms with van der Waals surface area (Å²) in [5, 5.41) is 11.8. The van der Waals surface area contributed by atoms with Crippen LogP contribution in [-0.2, 0) is 9.59 Å². The van der Waals surface area contributed by atoms with Gasteiger partial charge in [-0.1, -0.05) is 13.8 Å². The van der Waals surface area contributed by atoms with Gasteiger partial charge < -0.3 is 21.1 Å². The second-order valence-corrected chi connectivity index (χ2v) is 4.77. The second-order valence-electron chi connectivity index (χ2n) is 4.77. The summed E-state index contributed by atoms with van der Waals surface area (Å²) in [6, 6.07) is -0.591. The van der Waals surface area contributed by atoms with Gasteiger partial charge in [0.25, 0.3) is 0 Å². The molecule has 0 aromatic carbocycles. The van der Waals surface area contributed by atoms with Crippen molar-refractivity contribution in [2.24, 2.45) is 11.7 Å². The fourth-order valence-corrected chi connectivity index (χ4v) is 1.66. The summed E-state index contributed by atoms with van der Waals surface area (Å²) in [5.41, 5.74) is 5.64. The molecule has 2 amide bonds. The number of amides is 2. The molecular formula is C11H21N3O3. The number of likely N-dealkylation sites (tertiary alicyclic amines) is 1. The highest BCUT2D eigenvalue weighted by molar-refractivity contribution is 5.87. The Bertz CT molecular complexity index is 294. The number of rotatable bonds is 4. The molecule has 4 N–H and O–H groups in total. The highest BCUT2D eigenvalue weighted by atomic mass is 16.3. The van der Waals surface area contributed by atoms with E-state index in [1.165, 1.54) is 0 Å². The Morgan fingerprint density at radius 3 is 2.65 bits per heavy atom. The summed E-state index contributed by atoms with van der Waals surface area (Å²) in [6.45, 7) is 4.55. The van der Waals surface area contributed by atoms with E-state index in [1.54, 1.807) is 4.90 Å². The van der Waals surface area contributed by atoms with E-state index < -0.39 is 12.1 Å². The molecule has 1 aliphatic heterocycles. The lowest BCUT2D eigenvalue weighted by Crippen LogP contribution is -2.47. The van der Waals surface area contributed by atoms with Crippen molar-refractivity contribution in [3.8, 4) is 0 Å². The second kappa shape index (κ2) is 5.97. The molecule has 1 aliphatic rings. The van der Waals surface area contributed by atoms with Crippen molar-refractivity contribution in [3.05, 3.63) is 0 Å². The van der Waals surface area contributed by atoms with Gasteiger partial charge >= 0.3 is 0 Å². The normalized spacial score (nSPS) is 21.7. The van der Waals surface area contributed by atoms with Gasteiger partial charge in [-0.3, -0.25) is 9.59 Å². The number of nitrogens with zero attached hydrogens (tertiary/aromatic N) is 1. The van der Waals surface area contributed by atoms with Crippen LogP contribution in [0.3, 0.4) is 0 Å². The van der Waals surface area contributed by atoms with Crippen LogP contribution in [0.5, 0.6) is 0 Å². The molecule has 0 aromatic rings. The predicted octanol–water partition coefficient (Wildman–Crippen LogP) is -1.32. The Morgan fingerprint density at radius 1 is 1.53 bits per heavy atom. The van der Waals surface area contributed by atoms with Gasteiger partial charge in [0.15, 0.2) is 0 Å². The first-order valence-electron chi connectivity index (χ1n) is 5.91. The predicted molar refractivity (Wildman–Crippen MR) is 63.0 cm³/mol. The number of aliphatic hydroxyl groups is 1. The van der Waals surface area contributed by atoms with Crippen LogP contribution >= 0.6 is 0 Å². The summed E-state index contributed by atoms with van der Waals surface area (Å²) in [7, 11) is 0. The molecule has 0 spiro atoms. The van der Waals surface area contributed by atoms with Crippen molar-refractivity contribution in [3.63, 3.8) is 0 Å². The third-order valence-electron chi connectivity index (χ3n) is 2.95. The summed E-state index contributed by atoms with van der Waals surface area (Å²) in [6.07, 6.45) is 0.165. The number of carbonyl (C=O) groups is 2. The highest BCUT2D eigenvalue weighted by Crippen LogP contribution is 2.08. The molecule has 1 saturated heterocycles. The first-order valence-corrected chi connectivity index (χ1v) is 5.91. The van der Waals surface area contributed by atoms with E-state index in [4.69, 9.17) is 5.73 Å². The Labute approximate surface area is 101 Å². The zero-order valence-electron chi connectivity index (χ0n) is 10.3. The zero-order chi connectivity index (χ0) is 13.0. The maximum atomic E-state index is 11.6. The molecule has 1 rings (SSSR count). The van der Waals surface area contributed by atoms with Crippen molar-refractivity contribution in [2.75, 3.05) is 19.6 Å². The van der Waals surface area contributed by atoms with Gasteiger partial charge in [0.2, 0.25) is 11.8 Å². The lowest BCUT2D eigenvalue weighted by atomic mass is 10.1. The SMILES string of the molecule is CC(C)[C@H](N)C(=O)NCC(=O)N1CC[C@@H](O)C1. The molecule has 6 heteroatoms. The maximum Gasteiger partial charge on any atom is 0.242 e. The Hall–Kier alpha value is -1.14. The molecule has 2 atom stereocenters. The number of carbonyl (C=O) groups excluding carboxylic acids is 2. The van der Waals surface area contributed by atoms with E-state index in [1.807, 2.05) is 13.8 Å². The molecule has 0 aromatic heterocycles. The Morgan fingerprint density at radius 2 is 2.18 bits per heavy atom. The summed E-state index contributed by atoms with van der Waals surface area (Å²) in [5.74, 6) is -0.447. The number of nitrogens with two attached hydrogens (primary N) is 1. The summed E-state index contributed by atoms with van der Waals surface area (Å²) in [4.78, 5) is 24.7.